The zero-order valence-electron chi connectivity index (χ0n) is 12.3. The Bertz CT molecular complexity index is 842. The first-order valence-corrected chi connectivity index (χ1v) is 7.37. The Labute approximate surface area is 131 Å². The Morgan fingerprint density at radius 1 is 1.22 bits per heavy atom. The summed E-state index contributed by atoms with van der Waals surface area (Å²) in [5, 5.41) is 2.51. The lowest BCUT2D eigenvalue weighted by Gasteiger charge is -2.14. The van der Waals surface area contributed by atoms with Crippen LogP contribution in [0.1, 0.15) is 44.8 Å². The number of aromatic nitrogens is 1. The Morgan fingerprint density at radius 3 is 2.78 bits per heavy atom. The first-order chi connectivity index (χ1) is 11.1. The molecule has 1 aliphatic carbocycles. The molecular formula is C17H15FN2O3. The van der Waals surface area contributed by atoms with Crippen LogP contribution in [0.4, 0.5) is 4.39 Å². The third kappa shape index (κ3) is 2.92. The Morgan fingerprint density at radius 2 is 2.00 bits per heavy atom. The van der Waals surface area contributed by atoms with Crippen molar-refractivity contribution in [3.8, 4) is 0 Å². The molecule has 0 unspecified atom stereocenters. The van der Waals surface area contributed by atoms with Gasteiger partial charge in [0.2, 0.25) is 5.43 Å². The van der Waals surface area contributed by atoms with Crippen LogP contribution in [-0.4, -0.2) is 16.7 Å². The van der Waals surface area contributed by atoms with E-state index in [0.717, 1.165) is 0 Å². The molecule has 5 nitrogen and oxygen atoms in total. The minimum absolute atomic E-state index is 0.0318. The van der Waals surface area contributed by atoms with Crippen LogP contribution in [0.2, 0.25) is 0 Å². The molecule has 1 heterocycles. The number of hydrogen-bond donors (Lipinski definition) is 2. The number of aromatic amines is 1. The van der Waals surface area contributed by atoms with Crippen LogP contribution in [0, 0.1) is 5.82 Å². The average molecular weight is 314 g/mol. The maximum atomic E-state index is 13.5. The number of halogens is 1. The molecule has 2 aromatic rings. The van der Waals surface area contributed by atoms with Crippen LogP contribution in [0.3, 0.4) is 0 Å². The van der Waals surface area contributed by atoms with Crippen LogP contribution in [0.5, 0.6) is 0 Å². The monoisotopic (exact) mass is 314 g/mol. The van der Waals surface area contributed by atoms with Crippen molar-refractivity contribution in [2.75, 3.05) is 0 Å². The minimum atomic E-state index is -0.629. The summed E-state index contributed by atoms with van der Waals surface area (Å²) >= 11 is 0. The highest BCUT2D eigenvalue weighted by atomic mass is 19.1. The molecule has 0 radical (unpaired) electrons. The van der Waals surface area contributed by atoms with Gasteiger partial charge < -0.3 is 10.3 Å². The number of amides is 1. The van der Waals surface area contributed by atoms with Gasteiger partial charge in [-0.2, -0.15) is 0 Å². The number of ketones is 1. The van der Waals surface area contributed by atoms with E-state index >= 15 is 0 Å². The van der Waals surface area contributed by atoms with E-state index < -0.39 is 17.2 Å². The van der Waals surface area contributed by atoms with E-state index in [1.54, 1.807) is 18.2 Å². The summed E-state index contributed by atoms with van der Waals surface area (Å²) in [4.78, 5) is 39.3. The van der Waals surface area contributed by atoms with Crippen LogP contribution in [0.25, 0.3) is 0 Å². The van der Waals surface area contributed by atoms with E-state index in [9.17, 15) is 18.8 Å². The topological polar surface area (TPSA) is 79.0 Å². The second-order valence-corrected chi connectivity index (χ2v) is 5.44. The van der Waals surface area contributed by atoms with Crippen molar-refractivity contribution in [1.82, 2.24) is 10.3 Å². The van der Waals surface area contributed by atoms with Gasteiger partial charge in [-0.1, -0.05) is 18.2 Å². The standard InChI is InChI=1S/C17H15FN2O3/c18-12-5-2-1-4-10(12)8-20-17(23)11-9-19-13-6-3-7-14(21)15(13)16(11)22/h1-2,4-5,9H,3,6-8H2,(H,19,22)(H,20,23). The average Bonchev–Trinajstić information content (AvgIpc) is 2.54. The number of carbonyl (C=O) groups is 2. The number of Topliss-reactive ketones (excluding diaryl/α,β-unsaturated/α-hetero) is 1. The fourth-order valence-corrected chi connectivity index (χ4v) is 2.69. The summed E-state index contributed by atoms with van der Waals surface area (Å²) in [6.45, 7) is -0.0318. The van der Waals surface area contributed by atoms with E-state index in [0.29, 0.717) is 30.5 Å². The van der Waals surface area contributed by atoms with Crippen molar-refractivity contribution in [1.29, 1.82) is 0 Å². The van der Waals surface area contributed by atoms with E-state index in [2.05, 4.69) is 10.3 Å². The number of carbonyl (C=O) groups excluding carboxylic acids is 2. The maximum absolute atomic E-state index is 13.5. The molecule has 3 rings (SSSR count). The predicted octanol–water partition coefficient (Wildman–Crippen LogP) is 1.96. The van der Waals surface area contributed by atoms with Gasteiger partial charge in [0.1, 0.15) is 11.4 Å². The second-order valence-electron chi connectivity index (χ2n) is 5.44. The highest BCUT2D eigenvalue weighted by Gasteiger charge is 2.24. The Balaban J connectivity index is 1.83. The summed E-state index contributed by atoms with van der Waals surface area (Å²) in [5.41, 5.74) is 0.294. The number of rotatable bonds is 3. The first kappa shape index (κ1) is 15.1. The Kier molecular flexibility index (Phi) is 4.06. The molecule has 6 heteroatoms. The number of fused-ring (bicyclic) bond motifs is 1. The largest absolute Gasteiger partial charge is 0.363 e. The van der Waals surface area contributed by atoms with Gasteiger partial charge in [-0.3, -0.25) is 14.4 Å². The Hall–Kier alpha value is -2.76. The number of H-pyrrole nitrogens is 1. The number of nitrogens with one attached hydrogen (secondary N) is 2. The molecule has 118 valence electrons. The molecule has 1 aromatic heterocycles. The molecule has 23 heavy (non-hydrogen) atoms. The SMILES string of the molecule is O=C(NCc1ccccc1F)c1c[nH]c2c(c1=O)C(=O)CCC2. The molecule has 0 aliphatic heterocycles. The molecule has 1 aromatic carbocycles. The number of benzene rings is 1. The van der Waals surface area contributed by atoms with Gasteiger partial charge in [0, 0.05) is 30.4 Å². The minimum Gasteiger partial charge on any atom is -0.363 e. The molecule has 2 N–H and O–H groups in total. The lowest BCUT2D eigenvalue weighted by Crippen LogP contribution is -2.33. The molecule has 0 spiro atoms. The van der Waals surface area contributed by atoms with Crippen molar-refractivity contribution >= 4 is 11.7 Å². The zero-order chi connectivity index (χ0) is 16.4. The number of aryl methyl sites for hydroxylation is 1. The van der Waals surface area contributed by atoms with Crippen molar-refractivity contribution in [3.63, 3.8) is 0 Å². The fourth-order valence-electron chi connectivity index (χ4n) is 2.69. The first-order valence-electron chi connectivity index (χ1n) is 7.37. The van der Waals surface area contributed by atoms with Crippen LogP contribution in [-0.2, 0) is 13.0 Å². The molecule has 0 fully saturated rings. The smallest absolute Gasteiger partial charge is 0.257 e. The molecular weight excluding hydrogens is 299 g/mol. The summed E-state index contributed by atoms with van der Waals surface area (Å²) < 4.78 is 13.5. The maximum Gasteiger partial charge on any atom is 0.257 e. The highest BCUT2D eigenvalue weighted by molar-refractivity contribution is 6.01. The molecule has 0 bridgehead atoms. The molecule has 0 saturated heterocycles. The lowest BCUT2D eigenvalue weighted by atomic mass is 9.93. The summed E-state index contributed by atoms with van der Waals surface area (Å²) in [6, 6.07) is 6.07. The van der Waals surface area contributed by atoms with E-state index in [1.807, 2.05) is 0 Å². The van der Waals surface area contributed by atoms with Crippen molar-refractivity contribution < 1.29 is 14.0 Å². The second kappa shape index (κ2) is 6.16. The van der Waals surface area contributed by atoms with E-state index in [-0.39, 0.29) is 23.5 Å². The zero-order valence-corrected chi connectivity index (χ0v) is 12.3. The van der Waals surface area contributed by atoms with Crippen molar-refractivity contribution in [2.24, 2.45) is 0 Å². The summed E-state index contributed by atoms with van der Waals surface area (Å²) in [6.07, 6.45) is 2.95. The van der Waals surface area contributed by atoms with Crippen LogP contribution < -0.4 is 10.7 Å². The predicted molar refractivity (Wildman–Crippen MR) is 81.9 cm³/mol. The quantitative estimate of drug-likeness (QED) is 0.909. The highest BCUT2D eigenvalue weighted by Crippen LogP contribution is 2.16. The molecule has 1 aliphatic rings. The molecule has 1 amide bonds. The van der Waals surface area contributed by atoms with Crippen molar-refractivity contribution in [2.45, 2.75) is 25.8 Å². The van der Waals surface area contributed by atoms with E-state index in [1.165, 1.54) is 12.3 Å². The van der Waals surface area contributed by atoms with Crippen molar-refractivity contribution in [3.05, 3.63) is 68.9 Å². The third-order valence-corrected chi connectivity index (χ3v) is 3.92. The summed E-state index contributed by atoms with van der Waals surface area (Å²) in [7, 11) is 0. The van der Waals surface area contributed by atoms with Gasteiger partial charge in [0.25, 0.3) is 5.91 Å². The van der Waals surface area contributed by atoms with E-state index in [4.69, 9.17) is 0 Å². The van der Waals surface area contributed by atoms with Gasteiger partial charge in [0.05, 0.1) is 5.56 Å². The van der Waals surface area contributed by atoms with Gasteiger partial charge in [-0.05, 0) is 18.9 Å². The fraction of sp³-hybridized carbons (Fsp3) is 0.235. The summed E-state index contributed by atoms with van der Waals surface area (Å²) in [5.74, 6) is -1.30. The third-order valence-electron chi connectivity index (χ3n) is 3.92. The van der Waals surface area contributed by atoms with Gasteiger partial charge >= 0.3 is 0 Å². The lowest BCUT2D eigenvalue weighted by molar-refractivity contribution is 0.0949. The van der Waals surface area contributed by atoms with Gasteiger partial charge in [0.15, 0.2) is 5.78 Å². The van der Waals surface area contributed by atoms with Gasteiger partial charge in [-0.25, -0.2) is 4.39 Å². The molecule has 0 saturated carbocycles. The molecule has 0 atom stereocenters. The van der Waals surface area contributed by atoms with Crippen LogP contribution >= 0.6 is 0 Å². The van der Waals surface area contributed by atoms with Crippen LogP contribution in [0.15, 0.2) is 35.3 Å². The normalized spacial score (nSPS) is 13.5. The van der Waals surface area contributed by atoms with Gasteiger partial charge in [-0.15, -0.1) is 0 Å². The number of pyridine rings is 1. The number of hydrogen-bond acceptors (Lipinski definition) is 3.